The van der Waals surface area contributed by atoms with Gasteiger partial charge in [0.15, 0.2) is 0 Å². The average molecular weight is 305 g/mol. The SMILES string of the molecule is ClCCCc1[nH]nc2cc(Cl)c(-c3ccccc3)cc12. The van der Waals surface area contributed by atoms with Crippen LogP contribution in [0.3, 0.4) is 0 Å². The summed E-state index contributed by atoms with van der Waals surface area (Å²) in [6, 6.07) is 14.2. The summed E-state index contributed by atoms with van der Waals surface area (Å²) in [4.78, 5) is 0. The van der Waals surface area contributed by atoms with E-state index in [4.69, 9.17) is 23.2 Å². The van der Waals surface area contributed by atoms with Gasteiger partial charge in [0.25, 0.3) is 0 Å². The lowest BCUT2D eigenvalue weighted by atomic mass is 10.0. The summed E-state index contributed by atoms with van der Waals surface area (Å²) in [5, 5.41) is 9.25. The number of benzene rings is 2. The molecule has 102 valence electrons. The Balaban J connectivity index is 2.11. The Morgan fingerprint density at radius 3 is 2.65 bits per heavy atom. The molecular formula is C16H14Cl2N2. The van der Waals surface area contributed by atoms with E-state index in [2.05, 4.69) is 28.4 Å². The van der Waals surface area contributed by atoms with Crippen LogP contribution < -0.4 is 0 Å². The third kappa shape index (κ3) is 2.54. The van der Waals surface area contributed by atoms with E-state index in [1.165, 1.54) is 0 Å². The van der Waals surface area contributed by atoms with Crippen molar-refractivity contribution >= 4 is 34.1 Å². The Hall–Kier alpha value is -1.51. The van der Waals surface area contributed by atoms with E-state index >= 15 is 0 Å². The van der Waals surface area contributed by atoms with Gasteiger partial charge >= 0.3 is 0 Å². The average Bonchev–Trinajstić information content (AvgIpc) is 2.87. The lowest BCUT2D eigenvalue weighted by Crippen LogP contribution is -1.88. The number of nitrogens with one attached hydrogen (secondary N) is 1. The maximum absolute atomic E-state index is 6.38. The molecule has 0 aliphatic heterocycles. The molecule has 1 N–H and O–H groups in total. The minimum atomic E-state index is 0.652. The number of aromatic amines is 1. The van der Waals surface area contributed by atoms with Gasteiger partial charge in [-0.3, -0.25) is 5.10 Å². The van der Waals surface area contributed by atoms with Gasteiger partial charge in [-0.2, -0.15) is 5.10 Å². The molecule has 0 amide bonds. The third-order valence-corrected chi connectivity index (χ3v) is 3.95. The summed E-state index contributed by atoms with van der Waals surface area (Å²) in [5.41, 5.74) is 4.17. The summed E-state index contributed by atoms with van der Waals surface area (Å²) in [6.45, 7) is 0. The number of aromatic nitrogens is 2. The quantitative estimate of drug-likeness (QED) is 0.671. The van der Waals surface area contributed by atoms with Crippen LogP contribution in [0, 0.1) is 0 Å². The van der Waals surface area contributed by atoms with Gasteiger partial charge in [0.05, 0.1) is 10.5 Å². The van der Waals surface area contributed by atoms with Crippen LogP contribution in [-0.2, 0) is 6.42 Å². The van der Waals surface area contributed by atoms with Crippen molar-refractivity contribution in [2.75, 3.05) is 5.88 Å². The number of aryl methyl sites for hydroxylation is 1. The fraction of sp³-hybridized carbons (Fsp3) is 0.188. The van der Waals surface area contributed by atoms with Gasteiger partial charge in [0, 0.05) is 22.5 Å². The topological polar surface area (TPSA) is 28.7 Å². The number of H-pyrrole nitrogens is 1. The highest BCUT2D eigenvalue weighted by molar-refractivity contribution is 6.34. The smallest absolute Gasteiger partial charge is 0.0938 e. The number of nitrogens with zero attached hydrogens (tertiary/aromatic N) is 1. The highest BCUT2D eigenvalue weighted by Gasteiger charge is 2.10. The fourth-order valence-electron chi connectivity index (χ4n) is 2.36. The van der Waals surface area contributed by atoms with Crippen LogP contribution >= 0.6 is 23.2 Å². The Bertz CT molecular complexity index is 720. The third-order valence-electron chi connectivity index (χ3n) is 3.37. The molecule has 0 saturated heterocycles. The molecule has 3 rings (SSSR count). The van der Waals surface area contributed by atoms with E-state index in [9.17, 15) is 0 Å². The molecule has 0 unspecified atom stereocenters. The normalized spacial score (nSPS) is 11.1. The monoisotopic (exact) mass is 304 g/mol. The van der Waals surface area contributed by atoms with Crippen molar-refractivity contribution in [3.8, 4) is 11.1 Å². The summed E-state index contributed by atoms with van der Waals surface area (Å²) in [6.07, 6.45) is 1.83. The predicted molar refractivity (Wildman–Crippen MR) is 85.6 cm³/mol. The molecule has 1 heterocycles. The Morgan fingerprint density at radius 2 is 1.90 bits per heavy atom. The van der Waals surface area contributed by atoms with Gasteiger partial charge in [-0.15, -0.1) is 11.6 Å². The van der Waals surface area contributed by atoms with Crippen LogP contribution in [0.2, 0.25) is 5.02 Å². The lowest BCUT2D eigenvalue weighted by Gasteiger charge is -2.05. The van der Waals surface area contributed by atoms with Gasteiger partial charge in [-0.05, 0) is 30.5 Å². The first-order valence-electron chi connectivity index (χ1n) is 6.57. The van der Waals surface area contributed by atoms with Gasteiger partial charge in [0.2, 0.25) is 0 Å². The molecule has 0 radical (unpaired) electrons. The van der Waals surface area contributed by atoms with Gasteiger partial charge < -0.3 is 0 Å². The standard InChI is InChI=1S/C16H14Cl2N2/c17-8-4-7-15-13-9-12(11-5-2-1-3-6-11)14(18)10-16(13)20-19-15/h1-3,5-6,9-10H,4,7-8H2,(H,19,20). The Labute approximate surface area is 127 Å². The molecular weight excluding hydrogens is 291 g/mol. The second kappa shape index (κ2) is 5.86. The number of hydrogen-bond acceptors (Lipinski definition) is 1. The van der Waals surface area contributed by atoms with Crippen LogP contribution in [0.4, 0.5) is 0 Å². The van der Waals surface area contributed by atoms with Crippen molar-refractivity contribution in [1.82, 2.24) is 10.2 Å². The number of halogens is 2. The first-order chi connectivity index (χ1) is 9.79. The van der Waals surface area contributed by atoms with E-state index in [0.717, 1.165) is 45.6 Å². The molecule has 2 aromatic carbocycles. The zero-order chi connectivity index (χ0) is 13.9. The molecule has 20 heavy (non-hydrogen) atoms. The van der Waals surface area contributed by atoms with Crippen molar-refractivity contribution < 1.29 is 0 Å². The summed E-state index contributed by atoms with van der Waals surface area (Å²) >= 11 is 12.1. The highest BCUT2D eigenvalue weighted by Crippen LogP contribution is 2.32. The number of alkyl halides is 1. The maximum atomic E-state index is 6.38. The fourth-order valence-corrected chi connectivity index (χ4v) is 2.76. The molecule has 1 aromatic heterocycles. The molecule has 0 aliphatic rings. The molecule has 4 heteroatoms. The second-order valence-electron chi connectivity index (χ2n) is 4.71. The Kier molecular flexibility index (Phi) is 3.95. The van der Waals surface area contributed by atoms with E-state index in [-0.39, 0.29) is 0 Å². The molecule has 0 atom stereocenters. The van der Waals surface area contributed by atoms with Crippen LogP contribution in [-0.4, -0.2) is 16.1 Å². The van der Waals surface area contributed by atoms with E-state index < -0.39 is 0 Å². The van der Waals surface area contributed by atoms with Gasteiger partial charge in [0.1, 0.15) is 0 Å². The molecule has 3 aromatic rings. The van der Waals surface area contributed by atoms with Gasteiger partial charge in [-0.1, -0.05) is 41.9 Å². The molecule has 0 aliphatic carbocycles. The predicted octanol–water partition coefficient (Wildman–Crippen LogP) is 5.05. The molecule has 2 nitrogen and oxygen atoms in total. The van der Waals surface area contributed by atoms with Crippen LogP contribution in [0.1, 0.15) is 12.1 Å². The van der Waals surface area contributed by atoms with Gasteiger partial charge in [-0.25, -0.2) is 0 Å². The molecule has 0 saturated carbocycles. The molecule has 0 bridgehead atoms. The first-order valence-corrected chi connectivity index (χ1v) is 7.48. The first kappa shape index (κ1) is 13.5. The van der Waals surface area contributed by atoms with Crippen LogP contribution in [0.15, 0.2) is 42.5 Å². The maximum Gasteiger partial charge on any atom is 0.0938 e. The second-order valence-corrected chi connectivity index (χ2v) is 5.50. The highest BCUT2D eigenvalue weighted by atomic mass is 35.5. The van der Waals surface area contributed by atoms with Crippen molar-refractivity contribution in [3.05, 3.63) is 53.2 Å². The lowest BCUT2D eigenvalue weighted by molar-refractivity contribution is 0.879. The summed E-state index contributed by atoms with van der Waals surface area (Å²) in [7, 11) is 0. The van der Waals surface area contributed by atoms with E-state index in [1.54, 1.807) is 0 Å². The van der Waals surface area contributed by atoms with E-state index in [0.29, 0.717) is 5.88 Å². The minimum Gasteiger partial charge on any atom is -0.281 e. The van der Waals surface area contributed by atoms with Crippen LogP contribution in [0.5, 0.6) is 0 Å². The zero-order valence-corrected chi connectivity index (χ0v) is 12.4. The number of hydrogen-bond donors (Lipinski definition) is 1. The number of rotatable bonds is 4. The van der Waals surface area contributed by atoms with Crippen molar-refractivity contribution in [1.29, 1.82) is 0 Å². The van der Waals surface area contributed by atoms with Crippen molar-refractivity contribution in [3.63, 3.8) is 0 Å². The molecule has 0 fully saturated rings. The largest absolute Gasteiger partial charge is 0.281 e. The van der Waals surface area contributed by atoms with Crippen LogP contribution in [0.25, 0.3) is 22.0 Å². The van der Waals surface area contributed by atoms with Crippen molar-refractivity contribution in [2.45, 2.75) is 12.8 Å². The Morgan fingerprint density at radius 1 is 1.10 bits per heavy atom. The van der Waals surface area contributed by atoms with E-state index in [1.807, 2.05) is 24.3 Å². The van der Waals surface area contributed by atoms with Crippen molar-refractivity contribution in [2.24, 2.45) is 0 Å². The summed E-state index contributed by atoms with van der Waals surface area (Å²) < 4.78 is 0. The minimum absolute atomic E-state index is 0.652. The zero-order valence-electron chi connectivity index (χ0n) is 10.9. The number of fused-ring (bicyclic) bond motifs is 1. The molecule has 0 spiro atoms. The summed E-state index contributed by atoms with van der Waals surface area (Å²) in [5.74, 6) is 0.652.